The van der Waals surface area contributed by atoms with Crippen LogP contribution in [0.3, 0.4) is 0 Å². The third kappa shape index (κ3) is 3.40. The topological polar surface area (TPSA) is 95.3 Å². The molecule has 4 heterocycles. The molecule has 158 valence electrons. The Bertz CT molecular complexity index is 1420. The molecule has 1 aliphatic rings. The molecule has 9 heteroatoms. The average Bonchev–Trinajstić information content (AvgIpc) is 3.33. The van der Waals surface area contributed by atoms with Gasteiger partial charge in [0, 0.05) is 17.6 Å². The van der Waals surface area contributed by atoms with Gasteiger partial charge in [0.1, 0.15) is 21.9 Å². The van der Waals surface area contributed by atoms with Gasteiger partial charge in [0.15, 0.2) is 11.5 Å². The summed E-state index contributed by atoms with van der Waals surface area (Å²) in [5.41, 5.74) is 3.26. The van der Waals surface area contributed by atoms with Crippen LogP contribution in [-0.2, 0) is 17.9 Å². The van der Waals surface area contributed by atoms with Crippen molar-refractivity contribution in [3.63, 3.8) is 0 Å². The fourth-order valence-electron chi connectivity index (χ4n) is 3.80. The lowest BCUT2D eigenvalue weighted by molar-refractivity contribution is -0.121. The molecule has 0 fully saturated rings. The van der Waals surface area contributed by atoms with E-state index in [4.69, 9.17) is 9.47 Å². The van der Waals surface area contributed by atoms with Gasteiger partial charge in [0.05, 0.1) is 5.52 Å². The summed E-state index contributed by atoms with van der Waals surface area (Å²) in [4.78, 5) is 35.7. The quantitative estimate of drug-likeness (QED) is 0.529. The van der Waals surface area contributed by atoms with Crippen molar-refractivity contribution in [2.24, 2.45) is 0 Å². The Hall–Kier alpha value is -3.46. The Morgan fingerprint density at radius 3 is 2.81 bits per heavy atom. The highest BCUT2D eigenvalue weighted by Crippen LogP contribution is 2.33. The molecule has 0 saturated carbocycles. The second kappa shape index (κ2) is 7.35. The predicted octanol–water partition coefficient (Wildman–Crippen LogP) is 2.98. The van der Waals surface area contributed by atoms with Gasteiger partial charge in [-0.1, -0.05) is 6.07 Å². The fourth-order valence-corrected chi connectivity index (χ4v) is 4.99. The molecule has 4 aromatic rings. The fraction of sp³-hybridized carbons (Fsp3) is 0.273. The minimum atomic E-state index is -0.268. The van der Waals surface area contributed by atoms with Crippen molar-refractivity contribution in [1.29, 1.82) is 0 Å². The van der Waals surface area contributed by atoms with Crippen LogP contribution in [0.2, 0.25) is 0 Å². The molecule has 0 aliphatic carbocycles. The average molecular weight is 436 g/mol. The minimum absolute atomic E-state index is 0.0994. The van der Waals surface area contributed by atoms with Gasteiger partial charge in [-0.2, -0.15) is 0 Å². The van der Waals surface area contributed by atoms with Crippen LogP contribution in [0.5, 0.6) is 11.5 Å². The lowest BCUT2D eigenvalue weighted by atomic mass is 10.1. The van der Waals surface area contributed by atoms with Crippen molar-refractivity contribution < 1.29 is 14.3 Å². The summed E-state index contributed by atoms with van der Waals surface area (Å²) < 4.78 is 12.6. The molecule has 31 heavy (non-hydrogen) atoms. The van der Waals surface area contributed by atoms with Crippen LogP contribution in [0.1, 0.15) is 22.6 Å². The van der Waals surface area contributed by atoms with E-state index in [1.54, 1.807) is 6.92 Å². The number of carbonyl (C=O) groups is 1. The number of hydrogen-bond donors (Lipinski definition) is 1. The maximum atomic E-state index is 13.1. The van der Waals surface area contributed by atoms with E-state index in [9.17, 15) is 9.59 Å². The number of benzene rings is 1. The zero-order valence-corrected chi connectivity index (χ0v) is 18.1. The molecule has 0 saturated heterocycles. The number of nitrogens with one attached hydrogen (secondary N) is 1. The van der Waals surface area contributed by atoms with E-state index in [0.717, 1.165) is 27.0 Å². The first-order valence-corrected chi connectivity index (χ1v) is 10.7. The van der Waals surface area contributed by atoms with Crippen LogP contribution in [0.4, 0.5) is 0 Å². The first-order chi connectivity index (χ1) is 14.9. The molecule has 1 amide bonds. The van der Waals surface area contributed by atoms with Crippen LogP contribution in [0.25, 0.3) is 20.4 Å². The van der Waals surface area contributed by atoms with Crippen molar-refractivity contribution in [2.45, 2.75) is 33.9 Å². The molecule has 0 bridgehead atoms. The van der Waals surface area contributed by atoms with Crippen molar-refractivity contribution >= 4 is 37.7 Å². The predicted molar refractivity (Wildman–Crippen MR) is 118 cm³/mol. The molecule has 3 aromatic heterocycles. The third-order valence-corrected chi connectivity index (χ3v) is 6.35. The summed E-state index contributed by atoms with van der Waals surface area (Å²) in [6, 6.07) is 7.51. The second-order valence-corrected chi connectivity index (χ2v) is 8.55. The van der Waals surface area contributed by atoms with Gasteiger partial charge in [-0.25, -0.2) is 9.97 Å². The van der Waals surface area contributed by atoms with Gasteiger partial charge in [-0.15, -0.1) is 11.3 Å². The van der Waals surface area contributed by atoms with Crippen LogP contribution in [-0.4, -0.2) is 27.2 Å². The molecular formula is C22H20N4O4S. The van der Waals surface area contributed by atoms with Gasteiger partial charge in [0.2, 0.25) is 12.7 Å². The molecule has 1 aromatic carbocycles. The number of nitrogens with zero attached hydrogens (tertiary/aromatic N) is 3. The van der Waals surface area contributed by atoms with Gasteiger partial charge in [0.25, 0.3) is 5.56 Å². The van der Waals surface area contributed by atoms with E-state index in [1.807, 2.05) is 38.1 Å². The van der Waals surface area contributed by atoms with E-state index in [-0.39, 0.29) is 24.8 Å². The normalized spacial score (nSPS) is 12.6. The summed E-state index contributed by atoms with van der Waals surface area (Å²) in [5, 5.41) is 3.76. The van der Waals surface area contributed by atoms with E-state index in [1.165, 1.54) is 15.9 Å². The summed E-state index contributed by atoms with van der Waals surface area (Å²) in [7, 11) is 0. The number of carbonyl (C=O) groups excluding carboxylic acids is 1. The lowest BCUT2D eigenvalue weighted by Gasteiger charge is -2.10. The van der Waals surface area contributed by atoms with Crippen LogP contribution < -0.4 is 20.3 Å². The zero-order valence-electron chi connectivity index (χ0n) is 17.3. The number of fused-ring (bicyclic) bond motifs is 4. The largest absolute Gasteiger partial charge is 0.454 e. The summed E-state index contributed by atoms with van der Waals surface area (Å²) >= 11 is 1.32. The number of amides is 1. The molecule has 0 radical (unpaired) electrons. The highest BCUT2D eigenvalue weighted by molar-refractivity contribution is 7.25. The number of ether oxygens (including phenoxy) is 2. The molecule has 5 rings (SSSR count). The minimum Gasteiger partial charge on any atom is -0.454 e. The molecule has 0 spiro atoms. The third-order valence-electron chi connectivity index (χ3n) is 5.29. The summed E-state index contributed by atoms with van der Waals surface area (Å²) in [5.74, 6) is 1.59. The molecule has 8 nitrogen and oxygen atoms in total. The van der Waals surface area contributed by atoms with Crippen LogP contribution in [0, 0.1) is 20.8 Å². The number of thiophene rings is 1. The smallest absolute Gasteiger partial charge is 0.272 e. The summed E-state index contributed by atoms with van der Waals surface area (Å²) in [6.45, 7) is 6.09. The number of hydrogen-bond acceptors (Lipinski definition) is 7. The van der Waals surface area contributed by atoms with E-state index in [2.05, 4.69) is 15.3 Å². The first-order valence-electron chi connectivity index (χ1n) is 9.84. The number of aryl methyl sites for hydroxylation is 3. The Morgan fingerprint density at radius 1 is 1.16 bits per heavy atom. The summed E-state index contributed by atoms with van der Waals surface area (Å²) in [6.07, 6.45) is 0. The van der Waals surface area contributed by atoms with Gasteiger partial charge >= 0.3 is 0 Å². The number of rotatable bonds is 4. The monoisotopic (exact) mass is 436 g/mol. The van der Waals surface area contributed by atoms with Crippen molar-refractivity contribution in [1.82, 2.24) is 19.9 Å². The Kier molecular flexibility index (Phi) is 4.62. The number of pyridine rings is 1. The van der Waals surface area contributed by atoms with Gasteiger partial charge < -0.3 is 14.8 Å². The van der Waals surface area contributed by atoms with Crippen LogP contribution >= 0.6 is 11.3 Å². The standard InChI is InChI=1S/C22H20N4O4S/c1-11-6-12(2)24-21-18(11)19-20(31-21)22(28)26(13(3)25-19)9-17(27)23-8-14-4-5-15-16(7-14)30-10-29-15/h4-7H,8-10H2,1-3H3,(H,23,27). The van der Waals surface area contributed by atoms with Crippen molar-refractivity contribution in [3.8, 4) is 11.5 Å². The molecular weight excluding hydrogens is 416 g/mol. The van der Waals surface area contributed by atoms with Gasteiger partial charge in [-0.05, 0) is 50.1 Å². The van der Waals surface area contributed by atoms with Crippen molar-refractivity contribution in [3.05, 3.63) is 57.3 Å². The molecule has 0 unspecified atom stereocenters. The van der Waals surface area contributed by atoms with E-state index in [0.29, 0.717) is 34.1 Å². The SMILES string of the molecule is Cc1cc(C)c2c(n1)sc1c(=O)n(CC(=O)NCc3ccc4c(c3)OCO4)c(C)nc12. The highest BCUT2D eigenvalue weighted by Gasteiger charge is 2.18. The Labute approximate surface area is 181 Å². The van der Waals surface area contributed by atoms with Crippen molar-refractivity contribution in [2.75, 3.05) is 6.79 Å². The Morgan fingerprint density at radius 2 is 1.97 bits per heavy atom. The maximum absolute atomic E-state index is 13.1. The molecule has 1 aliphatic heterocycles. The zero-order chi connectivity index (χ0) is 21.7. The maximum Gasteiger partial charge on any atom is 0.272 e. The first kappa shape index (κ1) is 19.5. The molecule has 1 N–H and O–H groups in total. The number of aromatic nitrogens is 3. The second-order valence-electron chi connectivity index (χ2n) is 7.56. The van der Waals surface area contributed by atoms with E-state index >= 15 is 0 Å². The molecule has 0 atom stereocenters. The van der Waals surface area contributed by atoms with Gasteiger partial charge in [-0.3, -0.25) is 14.2 Å². The van der Waals surface area contributed by atoms with Crippen LogP contribution in [0.15, 0.2) is 29.1 Å². The highest BCUT2D eigenvalue weighted by atomic mass is 32.1. The Balaban J connectivity index is 1.41. The lowest BCUT2D eigenvalue weighted by Crippen LogP contribution is -2.33. The van der Waals surface area contributed by atoms with E-state index < -0.39 is 0 Å².